The van der Waals surface area contributed by atoms with Gasteiger partial charge in [-0.15, -0.1) is 0 Å². The first-order valence-corrected chi connectivity index (χ1v) is 9.95. The Balaban J connectivity index is 2.12. The lowest BCUT2D eigenvalue weighted by atomic mass is 10.0. The Bertz CT molecular complexity index is 549. The molecule has 124 valence electrons. The maximum atomic E-state index is 12.0. The zero-order chi connectivity index (χ0) is 16.0. The van der Waals surface area contributed by atoms with Crippen LogP contribution in [-0.4, -0.2) is 38.7 Å². The molecule has 1 fully saturated rings. The fourth-order valence-corrected chi connectivity index (χ4v) is 4.12. The van der Waals surface area contributed by atoms with Gasteiger partial charge >= 0.3 is 0 Å². The van der Waals surface area contributed by atoms with E-state index in [2.05, 4.69) is 40.8 Å². The van der Waals surface area contributed by atoms with Crippen molar-refractivity contribution in [2.45, 2.75) is 45.6 Å². The summed E-state index contributed by atoms with van der Waals surface area (Å²) in [5, 5.41) is 0. The van der Waals surface area contributed by atoms with Crippen molar-refractivity contribution < 1.29 is 8.42 Å². The second-order valence-electron chi connectivity index (χ2n) is 6.19. The minimum absolute atomic E-state index is 0.132. The predicted octanol–water partition coefficient (Wildman–Crippen LogP) is 2.85. The number of hydrogen-bond donors (Lipinski definition) is 1. The molecule has 0 bridgehead atoms. The van der Waals surface area contributed by atoms with Crippen LogP contribution in [0.4, 0.5) is 0 Å². The van der Waals surface area contributed by atoms with Crippen molar-refractivity contribution in [1.29, 1.82) is 0 Å². The third-order valence-corrected chi connectivity index (χ3v) is 5.82. The lowest BCUT2D eigenvalue weighted by Gasteiger charge is -2.35. The zero-order valence-corrected chi connectivity index (χ0v) is 14.5. The predicted molar refractivity (Wildman–Crippen MR) is 91.4 cm³/mol. The lowest BCUT2D eigenvalue weighted by Crippen LogP contribution is -2.41. The topological polar surface area (TPSA) is 49.4 Å². The summed E-state index contributed by atoms with van der Waals surface area (Å²) in [4.78, 5) is 2.42. The molecule has 0 aromatic heterocycles. The summed E-state index contributed by atoms with van der Waals surface area (Å²) in [7, 11) is -3.16. The molecule has 1 aliphatic heterocycles. The van der Waals surface area contributed by atoms with E-state index in [9.17, 15) is 8.42 Å². The summed E-state index contributed by atoms with van der Waals surface area (Å²) in [5.41, 5.74) is 2.43. The van der Waals surface area contributed by atoms with Crippen molar-refractivity contribution >= 4 is 10.0 Å². The summed E-state index contributed by atoms with van der Waals surface area (Å²) < 4.78 is 26.7. The molecule has 1 atom stereocenters. The first-order valence-electron chi connectivity index (χ1n) is 8.30. The van der Waals surface area contributed by atoms with E-state index < -0.39 is 10.0 Å². The maximum absolute atomic E-state index is 12.0. The second-order valence-corrected chi connectivity index (χ2v) is 8.12. The second kappa shape index (κ2) is 8.09. The molecule has 1 aliphatic rings. The van der Waals surface area contributed by atoms with Crippen LogP contribution < -0.4 is 4.72 Å². The Kier molecular flexibility index (Phi) is 6.41. The Hall–Kier alpha value is -0.910. The average Bonchev–Trinajstić information content (AvgIpc) is 2.50. The van der Waals surface area contributed by atoms with E-state index in [1.54, 1.807) is 0 Å². The van der Waals surface area contributed by atoms with Crippen molar-refractivity contribution in [2.24, 2.45) is 0 Å². The molecule has 1 heterocycles. The quantitative estimate of drug-likeness (QED) is 0.839. The number of piperidine rings is 1. The SMILES string of the molecule is CCCS(=O)(=O)NCC(c1ccc(C)cc1)N1CCCCC1. The summed E-state index contributed by atoms with van der Waals surface area (Å²) >= 11 is 0. The van der Waals surface area contributed by atoms with Crippen LogP contribution in [0, 0.1) is 6.92 Å². The van der Waals surface area contributed by atoms with Gasteiger partial charge in [-0.2, -0.15) is 0 Å². The first kappa shape index (κ1) is 17.4. The van der Waals surface area contributed by atoms with Crippen LogP contribution in [-0.2, 0) is 10.0 Å². The molecule has 1 aromatic rings. The van der Waals surface area contributed by atoms with Gasteiger partial charge in [0.05, 0.1) is 5.75 Å². The van der Waals surface area contributed by atoms with Crippen LogP contribution in [0.5, 0.6) is 0 Å². The fraction of sp³-hybridized carbons (Fsp3) is 0.647. The van der Waals surface area contributed by atoms with Crippen molar-refractivity contribution in [2.75, 3.05) is 25.4 Å². The molecule has 0 aliphatic carbocycles. The van der Waals surface area contributed by atoms with Gasteiger partial charge in [0, 0.05) is 12.6 Å². The van der Waals surface area contributed by atoms with E-state index in [4.69, 9.17) is 0 Å². The van der Waals surface area contributed by atoms with Crippen molar-refractivity contribution in [3.05, 3.63) is 35.4 Å². The highest BCUT2D eigenvalue weighted by Crippen LogP contribution is 2.24. The van der Waals surface area contributed by atoms with E-state index in [1.807, 2.05) is 6.92 Å². The number of sulfonamides is 1. The molecular weight excluding hydrogens is 296 g/mol. The Morgan fingerprint density at radius 2 is 1.77 bits per heavy atom. The van der Waals surface area contributed by atoms with Gasteiger partial charge in [0.15, 0.2) is 0 Å². The molecule has 22 heavy (non-hydrogen) atoms. The smallest absolute Gasteiger partial charge is 0.211 e. The molecule has 0 saturated carbocycles. The van der Waals surface area contributed by atoms with Gasteiger partial charge in [-0.05, 0) is 44.8 Å². The molecular formula is C17H28N2O2S. The molecule has 0 spiro atoms. The van der Waals surface area contributed by atoms with Crippen LogP contribution in [0.2, 0.25) is 0 Å². The van der Waals surface area contributed by atoms with Gasteiger partial charge < -0.3 is 0 Å². The molecule has 1 aromatic carbocycles. The largest absolute Gasteiger partial charge is 0.295 e. The maximum Gasteiger partial charge on any atom is 0.211 e. The van der Waals surface area contributed by atoms with E-state index in [0.717, 1.165) is 13.1 Å². The average molecular weight is 324 g/mol. The minimum Gasteiger partial charge on any atom is -0.295 e. The molecule has 1 saturated heterocycles. The van der Waals surface area contributed by atoms with Crippen LogP contribution in [0.3, 0.4) is 0 Å². The van der Waals surface area contributed by atoms with Gasteiger partial charge in [0.2, 0.25) is 10.0 Å². The molecule has 1 N–H and O–H groups in total. The van der Waals surface area contributed by atoms with Gasteiger partial charge in [-0.25, -0.2) is 13.1 Å². The summed E-state index contributed by atoms with van der Waals surface area (Å²) in [6.45, 7) is 6.53. The summed E-state index contributed by atoms with van der Waals surface area (Å²) in [6.07, 6.45) is 4.32. The van der Waals surface area contributed by atoms with E-state index in [1.165, 1.54) is 30.4 Å². The molecule has 4 nitrogen and oxygen atoms in total. The highest BCUT2D eigenvalue weighted by molar-refractivity contribution is 7.89. The number of benzene rings is 1. The van der Waals surface area contributed by atoms with Crippen LogP contribution in [0.15, 0.2) is 24.3 Å². The normalized spacial score (nSPS) is 18.3. The number of nitrogens with zero attached hydrogens (tertiary/aromatic N) is 1. The number of likely N-dealkylation sites (tertiary alicyclic amines) is 1. The van der Waals surface area contributed by atoms with Crippen LogP contribution >= 0.6 is 0 Å². The van der Waals surface area contributed by atoms with E-state index >= 15 is 0 Å². The van der Waals surface area contributed by atoms with E-state index in [-0.39, 0.29) is 11.8 Å². The summed E-state index contributed by atoms with van der Waals surface area (Å²) in [6, 6.07) is 8.60. The van der Waals surface area contributed by atoms with Crippen LogP contribution in [0.1, 0.15) is 49.8 Å². The third kappa shape index (κ3) is 5.07. The summed E-state index contributed by atoms with van der Waals surface area (Å²) in [5.74, 6) is 0.202. The van der Waals surface area contributed by atoms with Gasteiger partial charge in [-0.1, -0.05) is 43.2 Å². The van der Waals surface area contributed by atoms with Gasteiger partial charge in [-0.3, -0.25) is 4.90 Å². The zero-order valence-electron chi connectivity index (χ0n) is 13.7. The highest BCUT2D eigenvalue weighted by Gasteiger charge is 2.23. The Labute approximate surface area is 135 Å². The van der Waals surface area contributed by atoms with Gasteiger partial charge in [0.1, 0.15) is 0 Å². The number of aryl methyl sites for hydroxylation is 1. The Morgan fingerprint density at radius 3 is 2.36 bits per heavy atom. The Morgan fingerprint density at radius 1 is 1.14 bits per heavy atom. The van der Waals surface area contributed by atoms with Crippen LogP contribution in [0.25, 0.3) is 0 Å². The third-order valence-electron chi connectivity index (χ3n) is 4.26. The molecule has 5 heteroatoms. The molecule has 1 unspecified atom stereocenters. The molecule has 0 radical (unpaired) electrons. The fourth-order valence-electron chi connectivity index (χ4n) is 3.02. The standard InChI is InChI=1S/C17H28N2O2S/c1-3-13-22(20,21)18-14-17(19-11-5-4-6-12-19)16-9-7-15(2)8-10-16/h7-10,17-18H,3-6,11-14H2,1-2H3. The molecule has 2 rings (SSSR count). The van der Waals surface area contributed by atoms with Crippen molar-refractivity contribution in [3.63, 3.8) is 0 Å². The van der Waals surface area contributed by atoms with E-state index in [0.29, 0.717) is 13.0 Å². The monoisotopic (exact) mass is 324 g/mol. The highest BCUT2D eigenvalue weighted by atomic mass is 32.2. The van der Waals surface area contributed by atoms with Crippen molar-refractivity contribution in [3.8, 4) is 0 Å². The number of hydrogen-bond acceptors (Lipinski definition) is 3. The first-order chi connectivity index (χ1) is 10.5. The lowest BCUT2D eigenvalue weighted by molar-refractivity contribution is 0.164. The molecule has 0 amide bonds. The van der Waals surface area contributed by atoms with Crippen molar-refractivity contribution in [1.82, 2.24) is 9.62 Å². The number of nitrogens with one attached hydrogen (secondary N) is 1. The van der Waals surface area contributed by atoms with Gasteiger partial charge in [0.25, 0.3) is 0 Å². The minimum atomic E-state index is -3.16. The number of rotatable bonds is 7.